The second kappa shape index (κ2) is 13.3. The third kappa shape index (κ3) is 9.32. The summed E-state index contributed by atoms with van der Waals surface area (Å²) in [5, 5.41) is 3.30. The van der Waals surface area contributed by atoms with Crippen LogP contribution in [0.4, 0.5) is 4.39 Å². The second-order valence-corrected chi connectivity index (χ2v) is 9.95. The van der Waals surface area contributed by atoms with Crippen molar-refractivity contribution in [3.63, 3.8) is 0 Å². The molecule has 0 fully saturated rings. The van der Waals surface area contributed by atoms with Gasteiger partial charge < -0.3 is 14.7 Å². The summed E-state index contributed by atoms with van der Waals surface area (Å²) in [4.78, 5) is 9.84. The van der Waals surface area contributed by atoms with Crippen LogP contribution in [0, 0.1) is 5.82 Å². The van der Waals surface area contributed by atoms with E-state index in [2.05, 4.69) is 48.0 Å². The monoisotopic (exact) mass is 453 g/mol. The van der Waals surface area contributed by atoms with Crippen molar-refractivity contribution in [3.8, 4) is 0 Å². The Labute approximate surface area is 184 Å². The van der Waals surface area contributed by atoms with Gasteiger partial charge in [-0.2, -0.15) is 0 Å². The number of hydrogen-bond donors (Lipinski definition) is 2. The molecule has 7 heteroatoms. The van der Waals surface area contributed by atoms with Crippen LogP contribution in [0.5, 0.6) is 0 Å². The molecule has 2 aromatic rings. The van der Waals surface area contributed by atoms with Crippen molar-refractivity contribution in [3.05, 3.63) is 65.5 Å². The number of unbranched alkanes of at least 4 members (excludes halogenated alkanes) is 1. The van der Waals surface area contributed by atoms with E-state index in [-0.39, 0.29) is 11.2 Å². The Bertz CT molecular complexity index is 786. The van der Waals surface area contributed by atoms with E-state index >= 15 is 0 Å². The number of hydrogen-bond acceptors (Lipinski definition) is 4. The summed E-state index contributed by atoms with van der Waals surface area (Å²) in [7, 11) is -2.81. The van der Waals surface area contributed by atoms with Gasteiger partial charge in [0.1, 0.15) is 5.82 Å². The molecule has 1 unspecified atom stereocenters. The Kier molecular flexibility index (Phi) is 11.1. The van der Waals surface area contributed by atoms with Gasteiger partial charge in [0.05, 0.1) is 6.61 Å². The molecule has 1 atom stereocenters. The highest BCUT2D eigenvalue weighted by atomic mass is 32.2. The molecule has 0 aromatic heterocycles. The van der Waals surface area contributed by atoms with E-state index in [1.807, 2.05) is 23.9 Å². The highest BCUT2D eigenvalue weighted by Crippen LogP contribution is 2.31. The van der Waals surface area contributed by atoms with Crippen LogP contribution in [-0.2, 0) is 21.0 Å². The van der Waals surface area contributed by atoms with Gasteiger partial charge in [0.25, 0.3) is 0 Å². The van der Waals surface area contributed by atoms with Gasteiger partial charge in [-0.25, -0.2) is 4.39 Å². The zero-order valence-corrected chi connectivity index (χ0v) is 19.6. The van der Waals surface area contributed by atoms with Crippen LogP contribution >= 0.6 is 20.0 Å². The van der Waals surface area contributed by atoms with Gasteiger partial charge in [-0.3, -0.25) is 4.57 Å². The number of halogens is 1. The van der Waals surface area contributed by atoms with Crippen molar-refractivity contribution < 1.29 is 18.4 Å². The molecule has 2 N–H and O–H groups in total. The second-order valence-electron chi connectivity index (χ2n) is 7.96. The van der Waals surface area contributed by atoms with E-state index in [0.717, 1.165) is 43.7 Å². The van der Waals surface area contributed by atoms with Gasteiger partial charge in [0.2, 0.25) is 0 Å². The van der Waals surface area contributed by atoms with Crippen LogP contribution in [-0.4, -0.2) is 23.8 Å². The Balaban J connectivity index is 1.61. The van der Waals surface area contributed by atoms with Crippen molar-refractivity contribution in [1.29, 1.82) is 0 Å². The van der Waals surface area contributed by atoms with Crippen molar-refractivity contribution in [1.82, 2.24) is 5.32 Å². The number of rotatable bonds is 14. The molecule has 0 bridgehead atoms. The molecule has 0 heterocycles. The molecule has 0 saturated heterocycles. The standard InChI is InChI=1S/C23H33FNO3PS/c1-23(2,21-8-3-4-9-22(21)24)14-5-6-17-30-20-12-10-19(11-13-20)18-25-15-7-16-28-29(26)27/h3-4,8-13,25,29H,5-7,14-18H2,1-2H3,(H,26,27). The van der Waals surface area contributed by atoms with E-state index in [4.69, 9.17) is 4.89 Å². The largest absolute Gasteiger partial charge is 0.326 e. The Morgan fingerprint density at radius 3 is 2.53 bits per heavy atom. The van der Waals surface area contributed by atoms with Crippen LogP contribution in [0.25, 0.3) is 0 Å². The third-order valence-electron chi connectivity index (χ3n) is 5.04. The Hall–Kier alpha value is -1.17. The number of thioether (sulfide) groups is 1. The molecule has 30 heavy (non-hydrogen) atoms. The van der Waals surface area contributed by atoms with Gasteiger partial charge in [0, 0.05) is 11.4 Å². The van der Waals surface area contributed by atoms with Crippen molar-refractivity contribution in [2.75, 3.05) is 18.9 Å². The smallest absolute Gasteiger partial charge is 0.316 e. The molecule has 4 nitrogen and oxygen atoms in total. The van der Waals surface area contributed by atoms with E-state index < -0.39 is 8.25 Å². The zero-order chi connectivity index (χ0) is 21.8. The SMILES string of the molecule is CC(C)(CCCCSc1ccc(CNCCCO[PH](=O)O)cc1)c1ccccc1F. The quantitative estimate of drug-likeness (QED) is 0.210. The van der Waals surface area contributed by atoms with E-state index in [0.29, 0.717) is 13.0 Å². The highest BCUT2D eigenvalue weighted by molar-refractivity contribution is 7.99. The lowest BCUT2D eigenvalue weighted by Gasteiger charge is -2.25. The van der Waals surface area contributed by atoms with Gasteiger partial charge in [0.15, 0.2) is 0 Å². The predicted molar refractivity (Wildman–Crippen MR) is 124 cm³/mol. The lowest BCUT2D eigenvalue weighted by Crippen LogP contribution is -2.18. The van der Waals surface area contributed by atoms with E-state index in [1.165, 1.54) is 10.5 Å². The lowest BCUT2D eigenvalue weighted by molar-refractivity contribution is 0.276. The van der Waals surface area contributed by atoms with Crippen LogP contribution in [0.3, 0.4) is 0 Å². The maximum atomic E-state index is 14.0. The first kappa shape index (κ1) is 25.1. The number of benzene rings is 2. The van der Waals surface area contributed by atoms with E-state index in [9.17, 15) is 8.96 Å². The average molecular weight is 454 g/mol. The average Bonchev–Trinajstić information content (AvgIpc) is 2.71. The first-order valence-electron chi connectivity index (χ1n) is 10.4. The zero-order valence-electron chi connectivity index (χ0n) is 17.8. The molecule has 0 amide bonds. The summed E-state index contributed by atoms with van der Waals surface area (Å²) in [5.74, 6) is 0.945. The maximum absolute atomic E-state index is 14.0. The Morgan fingerprint density at radius 2 is 1.83 bits per heavy atom. The summed E-state index contributed by atoms with van der Waals surface area (Å²) in [5.41, 5.74) is 1.87. The van der Waals surface area contributed by atoms with Crippen molar-refractivity contribution >= 4 is 20.0 Å². The van der Waals surface area contributed by atoms with Gasteiger partial charge in [-0.1, -0.05) is 50.6 Å². The van der Waals surface area contributed by atoms with Gasteiger partial charge >= 0.3 is 8.25 Å². The summed E-state index contributed by atoms with van der Waals surface area (Å²) >= 11 is 1.85. The van der Waals surface area contributed by atoms with Crippen LogP contribution in [0.15, 0.2) is 53.4 Å². The molecular weight excluding hydrogens is 420 g/mol. The molecule has 0 radical (unpaired) electrons. The molecule has 0 saturated carbocycles. The molecule has 166 valence electrons. The molecule has 2 rings (SSSR count). The fraction of sp³-hybridized carbons (Fsp3) is 0.478. The van der Waals surface area contributed by atoms with E-state index in [1.54, 1.807) is 12.1 Å². The van der Waals surface area contributed by atoms with Crippen molar-refractivity contribution in [2.45, 2.75) is 56.4 Å². The fourth-order valence-corrected chi connectivity index (χ4v) is 4.53. The predicted octanol–water partition coefficient (Wildman–Crippen LogP) is 5.94. The minimum Gasteiger partial charge on any atom is -0.326 e. The van der Waals surface area contributed by atoms with Crippen LogP contribution in [0.1, 0.15) is 50.7 Å². The molecule has 0 spiro atoms. The molecule has 2 aromatic carbocycles. The molecule has 0 aliphatic heterocycles. The normalized spacial score (nSPS) is 12.8. The first-order valence-corrected chi connectivity index (χ1v) is 12.7. The Morgan fingerprint density at radius 1 is 1.10 bits per heavy atom. The minimum atomic E-state index is -2.81. The minimum absolute atomic E-state index is 0.109. The highest BCUT2D eigenvalue weighted by Gasteiger charge is 2.23. The summed E-state index contributed by atoms with van der Waals surface area (Å²) in [6.45, 7) is 6.05. The maximum Gasteiger partial charge on any atom is 0.316 e. The molecule has 0 aliphatic rings. The fourth-order valence-electron chi connectivity index (χ4n) is 3.30. The topological polar surface area (TPSA) is 58.6 Å². The van der Waals surface area contributed by atoms with Crippen molar-refractivity contribution in [2.24, 2.45) is 0 Å². The molecule has 0 aliphatic carbocycles. The summed E-state index contributed by atoms with van der Waals surface area (Å²) in [6, 6.07) is 15.6. The first-order chi connectivity index (χ1) is 14.4. The van der Waals surface area contributed by atoms with Gasteiger partial charge in [-0.05, 0) is 66.3 Å². The summed E-state index contributed by atoms with van der Waals surface area (Å²) < 4.78 is 29.1. The van der Waals surface area contributed by atoms with Gasteiger partial charge in [-0.15, -0.1) is 11.8 Å². The van der Waals surface area contributed by atoms with Crippen LogP contribution < -0.4 is 5.32 Å². The molecular formula is C23H33FNO3PS. The number of nitrogens with one attached hydrogen (secondary N) is 1. The van der Waals surface area contributed by atoms with Crippen LogP contribution in [0.2, 0.25) is 0 Å². The third-order valence-corrected chi connectivity index (χ3v) is 6.59. The lowest BCUT2D eigenvalue weighted by atomic mass is 9.80. The summed E-state index contributed by atoms with van der Waals surface area (Å²) in [6.07, 6.45) is 3.86.